The van der Waals surface area contributed by atoms with Gasteiger partial charge in [-0.15, -0.1) is 10.2 Å². The summed E-state index contributed by atoms with van der Waals surface area (Å²) in [5.41, 5.74) is 0.369. The lowest BCUT2D eigenvalue weighted by molar-refractivity contribution is -0.134. The van der Waals surface area contributed by atoms with Crippen LogP contribution >= 0.6 is 0 Å². The Bertz CT molecular complexity index is 622. The van der Waals surface area contributed by atoms with E-state index in [2.05, 4.69) is 10.2 Å². The number of rotatable bonds is 4. The summed E-state index contributed by atoms with van der Waals surface area (Å²) in [6, 6.07) is 5.71. The maximum absolute atomic E-state index is 12.1. The number of nitrogens with zero attached hydrogens (tertiary/aromatic N) is 2. The molecule has 0 aliphatic carbocycles. The Kier molecular flexibility index (Phi) is 3.73. The van der Waals surface area contributed by atoms with Gasteiger partial charge in [-0.1, -0.05) is 6.07 Å². The lowest BCUT2D eigenvalue weighted by Gasteiger charge is -2.02. The average Bonchev–Trinajstić information content (AvgIpc) is 2.84. The summed E-state index contributed by atoms with van der Waals surface area (Å²) in [7, 11) is 0. The predicted octanol–water partition coefficient (Wildman–Crippen LogP) is 2.93. The number of aryl methyl sites for hydroxylation is 1. The lowest BCUT2D eigenvalue weighted by atomic mass is 10.1. The van der Waals surface area contributed by atoms with Crippen molar-refractivity contribution in [3.63, 3.8) is 0 Å². The van der Waals surface area contributed by atoms with E-state index in [1.54, 1.807) is 0 Å². The SMILES string of the molecule is O=C(O)c1cccc(-c2nnc(CCC(F)(F)F)o2)c1. The number of aromatic carboxylic acids is 1. The number of carboxylic acids is 1. The molecule has 1 aromatic carbocycles. The second-order valence-corrected chi connectivity index (χ2v) is 4.00. The van der Waals surface area contributed by atoms with Crippen LogP contribution < -0.4 is 0 Å². The third kappa shape index (κ3) is 3.56. The summed E-state index contributed by atoms with van der Waals surface area (Å²) in [4.78, 5) is 10.8. The number of hydrogen-bond donors (Lipinski definition) is 1. The van der Waals surface area contributed by atoms with Crippen LogP contribution in [-0.2, 0) is 6.42 Å². The molecule has 106 valence electrons. The van der Waals surface area contributed by atoms with Gasteiger partial charge in [-0.2, -0.15) is 13.2 Å². The monoisotopic (exact) mass is 286 g/mol. The Balaban J connectivity index is 2.16. The van der Waals surface area contributed by atoms with Crippen LogP contribution in [0.5, 0.6) is 0 Å². The smallest absolute Gasteiger partial charge is 0.389 e. The van der Waals surface area contributed by atoms with Gasteiger partial charge in [0.15, 0.2) is 0 Å². The van der Waals surface area contributed by atoms with E-state index < -0.39 is 25.0 Å². The molecule has 0 spiro atoms. The van der Waals surface area contributed by atoms with E-state index in [-0.39, 0.29) is 17.3 Å². The largest absolute Gasteiger partial charge is 0.478 e. The van der Waals surface area contributed by atoms with Crippen molar-refractivity contribution in [2.24, 2.45) is 0 Å². The molecule has 1 heterocycles. The molecule has 5 nitrogen and oxygen atoms in total. The van der Waals surface area contributed by atoms with E-state index in [9.17, 15) is 18.0 Å². The normalized spacial score (nSPS) is 11.6. The van der Waals surface area contributed by atoms with Gasteiger partial charge in [-0.05, 0) is 18.2 Å². The Labute approximate surface area is 111 Å². The number of carboxylic acid groups (broad SMARTS) is 1. The Morgan fingerprint density at radius 1 is 1.30 bits per heavy atom. The van der Waals surface area contributed by atoms with Crippen molar-refractivity contribution in [2.45, 2.75) is 19.0 Å². The van der Waals surface area contributed by atoms with E-state index in [4.69, 9.17) is 9.52 Å². The topological polar surface area (TPSA) is 76.2 Å². The molecule has 0 amide bonds. The maximum Gasteiger partial charge on any atom is 0.389 e. The van der Waals surface area contributed by atoms with Gasteiger partial charge in [0, 0.05) is 12.0 Å². The molecule has 8 heteroatoms. The van der Waals surface area contributed by atoms with Gasteiger partial charge in [0.25, 0.3) is 0 Å². The lowest BCUT2D eigenvalue weighted by Crippen LogP contribution is -2.08. The van der Waals surface area contributed by atoms with Gasteiger partial charge in [0.2, 0.25) is 11.8 Å². The van der Waals surface area contributed by atoms with Gasteiger partial charge < -0.3 is 9.52 Å². The van der Waals surface area contributed by atoms with E-state index in [1.165, 1.54) is 24.3 Å². The number of alkyl halides is 3. The van der Waals surface area contributed by atoms with Crippen molar-refractivity contribution in [1.29, 1.82) is 0 Å². The van der Waals surface area contributed by atoms with Gasteiger partial charge in [0.1, 0.15) is 0 Å². The first-order valence-electron chi connectivity index (χ1n) is 5.58. The second-order valence-electron chi connectivity index (χ2n) is 4.00. The number of aromatic nitrogens is 2. The van der Waals surface area contributed by atoms with E-state index in [1.807, 2.05) is 0 Å². The molecule has 2 aromatic rings. The van der Waals surface area contributed by atoms with Crippen LogP contribution in [0.3, 0.4) is 0 Å². The molecule has 0 bridgehead atoms. The van der Waals surface area contributed by atoms with Crippen LogP contribution in [-0.4, -0.2) is 27.4 Å². The standard InChI is InChI=1S/C12H9F3N2O3/c13-12(14,15)5-4-9-16-17-10(20-9)7-2-1-3-8(6-7)11(18)19/h1-3,6H,4-5H2,(H,18,19). The van der Waals surface area contributed by atoms with Crippen molar-refractivity contribution < 1.29 is 27.5 Å². The highest BCUT2D eigenvalue weighted by atomic mass is 19.4. The Morgan fingerprint density at radius 3 is 2.70 bits per heavy atom. The van der Waals surface area contributed by atoms with Crippen molar-refractivity contribution >= 4 is 5.97 Å². The zero-order chi connectivity index (χ0) is 14.8. The number of hydrogen-bond acceptors (Lipinski definition) is 4. The zero-order valence-electron chi connectivity index (χ0n) is 10.0. The van der Waals surface area contributed by atoms with Crippen molar-refractivity contribution in [3.8, 4) is 11.5 Å². The molecule has 0 atom stereocenters. The van der Waals surface area contributed by atoms with Gasteiger partial charge in [0.05, 0.1) is 12.0 Å². The molecular formula is C12H9F3N2O3. The first kappa shape index (κ1) is 14.0. The van der Waals surface area contributed by atoms with E-state index >= 15 is 0 Å². The summed E-state index contributed by atoms with van der Waals surface area (Å²) < 4.78 is 41.3. The molecule has 20 heavy (non-hydrogen) atoms. The fraction of sp³-hybridized carbons (Fsp3) is 0.250. The highest BCUT2D eigenvalue weighted by molar-refractivity contribution is 5.88. The van der Waals surface area contributed by atoms with Gasteiger partial charge in [-0.25, -0.2) is 4.79 Å². The predicted molar refractivity (Wildman–Crippen MR) is 61.1 cm³/mol. The number of halogens is 3. The fourth-order valence-corrected chi connectivity index (χ4v) is 1.51. The third-order valence-corrected chi connectivity index (χ3v) is 2.45. The Hall–Kier alpha value is -2.38. The minimum atomic E-state index is -4.29. The van der Waals surface area contributed by atoms with Crippen LogP contribution in [0.1, 0.15) is 22.7 Å². The molecule has 1 N–H and O–H groups in total. The highest BCUT2D eigenvalue weighted by Gasteiger charge is 2.27. The molecule has 0 aliphatic rings. The highest BCUT2D eigenvalue weighted by Crippen LogP contribution is 2.24. The Morgan fingerprint density at radius 2 is 2.05 bits per heavy atom. The summed E-state index contributed by atoms with van der Waals surface area (Å²) in [5.74, 6) is -1.27. The van der Waals surface area contributed by atoms with Crippen molar-refractivity contribution in [1.82, 2.24) is 10.2 Å². The second kappa shape index (κ2) is 5.32. The van der Waals surface area contributed by atoms with E-state index in [0.717, 1.165) is 0 Å². The van der Waals surface area contributed by atoms with Gasteiger partial charge >= 0.3 is 12.1 Å². The number of carbonyl (C=O) groups is 1. The molecular weight excluding hydrogens is 277 g/mol. The fourth-order valence-electron chi connectivity index (χ4n) is 1.51. The quantitative estimate of drug-likeness (QED) is 0.935. The van der Waals surface area contributed by atoms with Crippen LogP contribution in [0.2, 0.25) is 0 Å². The molecule has 0 unspecified atom stereocenters. The maximum atomic E-state index is 12.1. The van der Waals surface area contributed by atoms with Crippen LogP contribution in [0.4, 0.5) is 13.2 Å². The van der Waals surface area contributed by atoms with Crippen molar-refractivity contribution in [2.75, 3.05) is 0 Å². The minimum absolute atomic E-state index is 0.00901. The molecule has 0 saturated carbocycles. The molecule has 0 saturated heterocycles. The molecule has 2 rings (SSSR count). The van der Waals surface area contributed by atoms with Crippen molar-refractivity contribution in [3.05, 3.63) is 35.7 Å². The molecule has 0 fully saturated rings. The van der Waals surface area contributed by atoms with Crippen LogP contribution in [0, 0.1) is 0 Å². The van der Waals surface area contributed by atoms with Crippen LogP contribution in [0.25, 0.3) is 11.5 Å². The third-order valence-electron chi connectivity index (χ3n) is 2.45. The summed E-state index contributed by atoms with van der Waals surface area (Å²) in [6.07, 6.45) is -5.75. The average molecular weight is 286 g/mol. The summed E-state index contributed by atoms with van der Waals surface area (Å²) in [5, 5.41) is 16.0. The zero-order valence-corrected chi connectivity index (χ0v) is 10.0. The first-order valence-corrected chi connectivity index (χ1v) is 5.58. The molecule has 1 aromatic heterocycles. The first-order chi connectivity index (χ1) is 9.35. The summed E-state index contributed by atoms with van der Waals surface area (Å²) in [6.45, 7) is 0. The molecule has 0 aliphatic heterocycles. The van der Waals surface area contributed by atoms with E-state index in [0.29, 0.717) is 5.56 Å². The number of benzene rings is 1. The summed E-state index contributed by atoms with van der Waals surface area (Å²) >= 11 is 0. The minimum Gasteiger partial charge on any atom is -0.478 e. The molecule has 0 radical (unpaired) electrons. The van der Waals surface area contributed by atoms with Crippen LogP contribution in [0.15, 0.2) is 28.7 Å². The van der Waals surface area contributed by atoms with Gasteiger partial charge in [-0.3, -0.25) is 0 Å².